The molecule has 0 bridgehead atoms. The van der Waals surface area contributed by atoms with Gasteiger partial charge in [-0.1, -0.05) is 13.8 Å². The number of thioether (sulfide) groups is 1. The number of nitrogens with one attached hydrogen (secondary N) is 1. The van der Waals surface area contributed by atoms with E-state index in [1.165, 1.54) is 4.90 Å². The molecule has 1 aromatic carbocycles. The van der Waals surface area contributed by atoms with E-state index in [4.69, 9.17) is 0 Å². The third-order valence-electron chi connectivity index (χ3n) is 1.85. The minimum Gasteiger partial charge on any atom is -0.326 e. The maximum Gasteiger partial charge on any atom is 0.225 e. The van der Waals surface area contributed by atoms with E-state index in [0.29, 0.717) is 17.4 Å². The van der Waals surface area contributed by atoms with Crippen LogP contribution in [0.25, 0.3) is 0 Å². The molecule has 0 radical (unpaired) electrons. The number of hydrogen-bond acceptors (Lipinski definition) is 3. The van der Waals surface area contributed by atoms with Gasteiger partial charge in [-0.05, 0) is 30.0 Å². The molecule has 4 heteroatoms. The SMILES string of the molecule is CC(C)Sc1ccc(NC(=O)CCS)cc1. The molecular weight excluding hydrogens is 238 g/mol. The highest BCUT2D eigenvalue weighted by Crippen LogP contribution is 2.24. The van der Waals surface area contributed by atoms with Crippen molar-refractivity contribution in [3.8, 4) is 0 Å². The number of benzene rings is 1. The largest absolute Gasteiger partial charge is 0.326 e. The number of carbonyl (C=O) groups excluding carboxylic acids is 1. The standard InChI is InChI=1S/C12H17NOS2/c1-9(2)16-11-5-3-10(4-6-11)13-12(14)7-8-15/h3-6,9,15H,7-8H2,1-2H3,(H,13,14). The van der Waals surface area contributed by atoms with Crippen molar-refractivity contribution in [3.05, 3.63) is 24.3 Å². The van der Waals surface area contributed by atoms with Crippen LogP contribution in [0.2, 0.25) is 0 Å². The van der Waals surface area contributed by atoms with Crippen molar-refractivity contribution in [2.45, 2.75) is 30.4 Å². The molecule has 0 fully saturated rings. The molecule has 1 N–H and O–H groups in total. The minimum absolute atomic E-state index is 0.0132. The molecule has 0 aliphatic rings. The van der Waals surface area contributed by atoms with Crippen LogP contribution in [0.3, 0.4) is 0 Å². The second-order valence-corrected chi connectivity index (χ2v) is 5.81. The Morgan fingerprint density at radius 1 is 1.38 bits per heavy atom. The molecule has 0 aliphatic carbocycles. The number of rotatable bonds is 5. The molecule has 88 valence electrons. The van der Waals surface area contributed by atoms with Gasteiger partial charge in [0.1, 0.15) is 0 Å². The van der Waals surface area contributed by atoms with Crippen LogP contribution in [-0.4, -0.2) is 16.9 Å². The summed E-state index contributed by atoms with van der Waals surface area (Å²) in [7, 11) is 0. The maximum absolute atomic E-state index is 11.3. The highest BCUT2D eigenvalue weighted by Gasteiger charge is 2.02. The summed E-state index contributed by atoms with van der Waals surface area (Å²) >= 11 is 5.83. The summed E-state index contributed by atoms with van der Waals surface area (Å²) in [6.07, 6.45) is 0.450. The van der Waals surface area contributed by atoms with Crippen molar-refractivity contribution in [3.63, 3.8) is 0 Å². The summed E-state index contributed by atoms with van der Waals surface area (Å²) in [6.45, 7) is 4.32. The molecule has 0 atom stereocenters. The van der Waals surface area contributed by atoms with E-state index in [1.807, 2.05) is 36.0 Å². The summed E-state index contributed by atoms with van der Waals surface area (Å²) in [5.74, 6) is 0.590. The number of anilines is 1. The summed E-state index contributed by atoms with van der Waals surface area (Å²) in [4.78, 5) is 12.5. The van der Waals surface area contributed by atoms with Crippen LogP contribution >= 0.6 is 24.4 Å². The van der Waals surface area contributed by atoms with Crippen LogP contribution in [0.4, 0.5) is 5.69 Å². The smallest absolute Gasteiger partial charge is 0.225 e. The number of hydrogen-bond donors (Lipinski definition) is 2. The van der Waals surface area contributed by atoms with Gasteiger partial charge in [-0.3, -0.25) is 4.79 Å². The molecule has 0 heterocycles. The van der Waals surface area contributed by atoms with Crippen molar-refractivity contribution >= 4 is 36.0 Å². The molecule has 1 rings (SSSR count). The molecule has 0 aliphatic heterocycles. The average Bonchev–Trinajstić information content (AvgIpc) is 2.20. The van der Waals surface area contributed by atoms with Crippen LogP contribution in [0.1, 0.15) is 20.3 Å². The van der Waals surface area contributed by atoms with Gasteiger partial charge >= 0.3 is 0 Å². The zero-order valence-corrected chi connectivity index (χ0v) is 11.3. The van der Waals surface area contributed by atoms with Gasteiger partial charge in [-0.2, -0.15) is 12.6 Å². The van der Waals surface area contributed by atoms with Crippen LogP contribution in [-0.2, 0) is 4.79 Å². The molecule has 0 saturated carbocycles. The third kappa shape index (κ3) is 4.94. The van der Waals surface area contributed by atoms with E-state index >= 15 is 0 Å². The lowest BCUT2D eigenvalue weighted by molar-refractivity contribution is -0.115. The Morgan fingerprint density at radius 2 is 2.00 bits per heavy atom. The number of amides is 1. The van der Waals surface area contributed by atoms with Crippen LogP contribution in [0, 0.1) is 0 Å². The topological polar surface area (TPSA) is 29.1 Å². The molecule has 0 unspecified atom stereocenters. The van der Waals surface area contributed by atoms with E-state index in [2.05, 4.69) is 31.8 Å². The van der Waals surface area contributed by atoms with E-state index in [-0.39, 0.29) is 5.91 Å². The lowest BCUT2D eigenvalue weighted by atomic mass is 10.3. The first kappa shape index (κ1) is 13.5. The van der Waals surface area contributed by atoms with Crippen LogP contribution in [0.15, 0.2) is 29.2 Å². The van der Waals surface area contributed by atoms with Crippen molar-refractivity contribution < 1.29 is 4.79 Å². The van der Waals surface area contributed by atoms with Crippen molar-refractivity contribution in [2.75, 3.05) is 11.1 Å². The monoisotopic (exact) mass is 255 g/mol. The summed E-state index contributed by atoms with van der Waals surface area (Å²) in [5.41, 5.74) is 0.847. The first-order valence-corrected chi connectivity index (χ1v) is 6.80. The van der Waals surface area contributed by atoms with Gasteiger partial charge < -0.3 is 5.32 Å². The fraction of sp³-hybridized carbons (Fsp3) is 0.417. The van der Waals surface area contributed by atoms with E-state index in [1.54, 1.807) is 0 Å². The number of thiol groups is 1. The Kier molecular flexibility index (Phi) is 5.77. The molecule has 1 aromatic rings. The first-order chi connectivity index (χ1) is 7.61. The molecule has 1 amide bonds. The molecule has 16 heavy (non-hydrogen) atoms. The lowest BCUT2D eigenvalue weighted by Crippen LogP contribution is -2.11. The van der Waals surface area contributed by atoms with Gasteiger partial charge in [0.2, 0.25) is 5.91 Å². The molecule has 0 aromatic heterocycles. The van der Waals surface area contributed by atoms with Crippen LogP contribution < -0.4 is 5.32 Å². The Morgan fingerprint density at radius 3 is 2.50 bits per heavy atom. The van der Waals surface area contributed by atoms with E-state index < -0.39 is 0 Å². The van der Waals surface area contributed by atoms with Crippen molar-refractivity contribution in [1.82, 2.24) is 0 Å². The Hall–Kier alpha value is -0.610. The van der Waals surface area contributed by atoms with Crippen LogP contribution in [0.5, 0.6) is 0 Å². The predicted octanol–water partition coefficient (Wildman–Crippen LogP) is 3.45. The van der Waals surface area contributed by atoms with Gasteiger partial charge in [0.05, 0.1) is 0 Å². The molecule has 0 spiro atoms. The van der Waals surface area contributed by atoms with Gasteiger partial charge in [0.15, 0.2) is 0 Å². The van der Waals surface area contributed by atoms with Crippen molar-refractivity contribution in [1.29, 1.82) is 0 Å². The van der Waals surface area contributed by atoms with Gasteiger partial charge in [-0.25, -0.2) is 0 Å². The minimum atomic E-state index is 0.0132. The van der Waals surface area contributed by atoms with Crippen molar-refractivity contribution in [2.24, 2.45) is 0 Å². The Labute approximate surface area is 107 Å². The van der Waals surface area contributed by atoms with E-state index in [9.17, 15) is 4.79 Å². The second kappa shape index (κ2) is 6.86. The van der Waals surface area contributed by atoms with Gasteiger partial charge in [0.25, 0.3) is 0 Å². The van der Waals surface area contributed by atoms with Gasteiger partial charge in [-0.15, -0.1) is 11.8 Å². The fourth-order valence-corrected chi connectivity index (χ4v) is 2.25. The fourth-order valence-electron chi connectivity index (χ4n) is 1.21. The Bertz CT molecular complexity index is 335. The summed E-state index contributed by atoms with van der Waals surface area (Å²) in [5, 5.41) is 3.40. The normalized spacial score (nSPS) is 10.5. The zero-order valence-electron chi connectivity index (χ0n) is 9.56. The average molecular weight is 255 g/mol. The third-order valence-corrected chi connectivity index (χ3v) is 3.09. The quantitative estimate of drug-likeness (QED) is 0.623. The summed E-state index contributed by atoms with van der Waals surface area (Å²) in [6, 6.07) is 7.92. The molecular formula is C12H17NOS2. The predicted molar refractivity (Wildman–Crippen MR) is 74.5 cm³/mol. The highest BCUT2D eigenvalue weighted by atomic mass is 32.2. The second-order valence-electron chi connectivity index (χ2n) is 3.71. The van der Waals surface area contributed by atoms with Gasteiger partial charge in [0, 0.05) is 22.3 Å². The molecule has 2 nitrogen and oxygen atoms in total. The maximum atomic E-state index is 11.3. The first-order valence-electron chi connectivity index (χ1n) is 5.29. The highest BCUT2D eigenvalue weighted by molar-refractivity contribution is 7.99. The Balaban J connectivity index is 2.54. The number of carbonyl (C=O) groups is 1. The zero-order chi connectivity index (χ0) is 12.0. The van der Waals surface area contributed by atoms with E-state index in [0.717, 1.165) is 5.69 Å². The summed E-state index contributed by atoms with van der Waals surface area (Å²) < 4.78 is 0. The lowest BCUT2D eigenvalue weighted by Gasteiger charge is -2.07. The molecule has 0 saturated heterocycles.